The van der Waals surface area contributed by atoms with Gasteiger partial charge in [-0.3, -0.25) is 5.84 Å². The molecule has 0 heterocycles. The summed E-state index contributed by atoms with van der Waals surface area (Å²) in [6.45, 7) is 2.06. The van der Waals surface area contributed by atoms with E-state index in [2.05, 4.69) is 12.3 Å². The number of aryl methyl sites for hydroxylation is 1. The lowest BCUT2D eigenvalue weighted by atomic mass is 10.1. The van der Waals surface area contributed by atoms with Crippen LogP contribution in [0, 0.1) is 0 Å². The summed E-state index contributed by atoms with van der Waals surface area (Å²) in [4.78, 5) is 0. The average Bonchev–Trinajstić information content (AvgIpc) is 2.05. The summed E-state index contributed by atoms with van der Waals surface area (Å²) in [7, 11) is 0. The van der Waals surface area contributed by atoms with Crippen LogP contribution in [0.4, 0.5) is 11.4 Å². The third-order valence-electron chi connectivity index (χ3n) is 1.69. The number of anilines is 2. The molecule has 3 nitrogen and oxygen atoms in total. The molecule has 0 saturated carbocycles. The van der Waals surface area contributed by atoms with Gasteiger partial charge in [0, 0.05) is 11.4 Å². The molecule has 0 aliphatic carbocycles. The Hall–Kier alpha value is -1.22. The lowest BCUT2D eigenvalue weighted by Crippen LogP contribution is -2.07. The third kappa shape index (κ3) is 1.62. The van der Waals surface area contributed by atoms with Gasteiger partial charge >= 0.3 is 0 Å². The molecule has 0 spiro atoms. The molecular weight excluding hydrogens is 138 g/mol. The Kier molecular flexibility index (Phi) is 2.33. The fraction of sp³-hybridized carbons (Fsp3) is 0.250. The molecule has 11 heavy (non-hydrogen) atoms. The normalized spacial score (nSPS) is 9.64. The zero-order valence-electron chi connectivity index (χ0n) is 6.59. The molecule has 0 unspecified atom stereocenters. The van der Waals surface area contributed by atoms with Gasteiger partial charge in [-0.2, -0.15) is 0 Å². The molecule has 0 fully saturated rings. The largest absolute Gasteiger partial charge is 0.399 e. The molecule has 0 aliphatic heterocycles. The molecule has 5 N–H and O–H groups in total. The van der Waals surface area contributed by atoms with E-state index < -0.39 is 0 Å². The van der Waals surface area contributed by atoms with Crippen LogP contribution in [0.1, 0.15) is 12.5 Å². The van der Waals surface area contributed by atoms with Crippen LogP contribution in [0.3, 0.4) is 0 Å². The van der Waals surface area contributed by atoms with Gasteiger partial charge in [0.1, 0.15) is 0 Å². The second kappa shape index (κ2) is 3.25. The summed E-state index contributed by atoms with van der Waals surface area (Å²) in [5, 5.41) is 0. The lowest BCUT2D eigenvalue weighted by Gasteiger charge is -2.05. The fourth-order valence-corrected chi connectivity index (χ4v) is 1.00. The minimum Gasteiger partial charge on any atom is -0.399 e. The summed E-state index contributed by atoms with van der Waals surface area (Å²) in [6.07, 6.45) is 0.932. The molecule has 0 radical (unpaired) electrons. The Balaban J connectivity index is 3.02. The van der Waals surface area contributed by atoms with Gasteiger partial charge in [-0.25, -0.2) is 0 Å². The highest BCUT2D eigenvalue weighted by molar-refractivity contribution is 5.56. The molecule has 1 aromatic rings. The van der Waals surface area contributed by atoms with Crippen LogP contribution in [0.5, 0.6) is 0 Å². The summed E-state index contributed by atoms with van der Waals surface area (Å²) < 4.78 is 0. The van der Waals surface area contributed by atoms with Gasteiger partial charge in [-0.1, -0.05) is 6.92 Å². The number of nitrogen functional groups attached to an aromatic ring is 2. The predicted molar refractivity (Wildman–Crippen MR) is 48.0 cm³/mol. The van der Waals surface area contributed by atoms with Gasteiger partial charge in [0.05, 0.1) is 0 Å². The summed E-state index contributed by atoms with van der Waals surface area (Å²) in [6, 6.07) is 5.66. The number of hydrogen-bond acceptors (Lipinski definition) is 3. The third-order valence-corrected chi connectivity index (χ3v) is 1.69. The highest BCUT2D eigenvalue weighted by atomic mass is 15.2. The minimum absolute atomic E-state index is 0.825. The van der Waals surface area contributed by atoms with Crippen molar-refractivity contribution in [1.29, 1.82) is 0 Å². The number of nitrogens with two attached hydrogens (primary N) is 2. The molecule has 0 amide bonds. The highest BCUT2D eigenvalue weighted by Crippen LogP contribution is 2.16. The van der Waals surface area contributed by atoms with E-state index >= 15 is 0 Å². The van der Waals surface area contributed by atoms with Crippen molar-refractivity contribution < 1.29 is 0 Å². The highest BCUT2D eigenvalue weighted by Gasteiger charge is 1.96. The van der Waals surface area contributed by atoms with Crippen molar-refractivity contribution >= 4 is 11.4 Å². The average molecular weight is 151 g/mol. The molecule has 1 rings (SSSR count). The van der Waals surface area contributed by atoms with Gasteiger partial charge in [0.25, 0.3) is 0 Å². The molecule has 1 aromatic carbocycles. The Labute approximate surface area is 66.4 Å². The number of nitrogens with one attached hydrogen (secondary N) is 1. The topological polar surface area (TPSA) is 64.1 Å². The molecule has 0 aliphatic rings. The Bertz CT molecular complexity index is 245. The first-order valence-electron chi connectivity index (χ1n) is 3.63. The monoisotopic (exact) mass is 151 g/mol. The molecule has 0 saturated heterocycles. The van der Waals surface area contributed by atoms with Crippen LogP contribution in [-0.4, -0.2) is 0 Å². The molecule has 0 bridgehead atoms. The molecule has 60 valence electrons. The predicted octanol–water partition coefficient (Wildman–Crippen LogP) is 1.12. The Morgan fingerprint density at radius 3 is 2.73 bits per heavy atom. The Morgan fingerprint density at radius 1 is 1.45 bits per heavy atom. The van der Waals surface area contributed by atoms with Crippen molar-refractivity contribution in [3.8, 4) is 0 Å². The summed E-state index contributed by atoms with van der Waals surface area (Å²) in [5.74, 6) is 5.23. The van der Waals surface area contributed by atoms with Gasteiger partial charge < -0.3 is 11.2 Å². The van der Waals surface area contributed by atoms with Crippen LogP contribution in [-0.2, 0) is 6.42 Å². The second-order valence-electron chi connectivity index (χ2n) is 2.41. The van der Waals surface area contributed by atoms with Crippen LogP contribution in [0.2, 0.25) is 0 Å². The van der Waals surface area contributed by atoms with Crippen LogP contribution >= 0.6 is 0 Å². The van der Waals surface area contributed by atoms with Crippen molar-refractivity contribution in [2.75, 3.05) is 11.2 Å². The first-order chi connectivity index (χ1) is 5.27. The van der Waals surface area contributed by atoms with Gasteiger partial charge in [0.2, 0.25) is 0 Å². The maximum atomic E-state index is 5.69. The van der Waals surface area contributed by atoms with E-state index in [9.17, 15) is 0 Å². The first-order valence-corrected chi connectivity index (χ1v) is 3.63. The lowest BCUT2D eigenvalue weighted by molar-refractivity contribution is 1.14. The number of benzene rings is 1. The maximum absolute atomic E-state index is 5.69. The number of hydrogen-bond donors (Lipinski definition) is 3. The zero-order valence-corrected chi connectivity index (χ0v) is 6.59. The van der Waals surface area contributed by atoms with E-state index in [1.807, 2.05) is 18.2 Å². The van der Waals surface area contributed by atoms with Crippen molar-refractivity contribution in [2.24, 2.45) is 5.84 Å². The summed E-state index contributed by atoms with van der Waals surface area (Å²) in [5.41, 5.74) is 11.1. The number of rotatable bonds is 2. The molecular formula is C8H13N3. The SMILES string of the molecule is CCc1cc(NN)ccc1N. The van der Waals surface area contributed by atoms with Crippen molar-refractivity contribution in [1.82, 2.24) is 0 Å². The van der Waals surface area contributed by atoms with E-state index in [-0.39, 0.29) is 0 Å². The zero-order chi connectivity index (χ0) is 8.27. The van der Waals surface area contributed by atoms with Crippen molar-refractivity contribution in [2.45, 2.75) is 13.3 Å². The van der Waals surface area contributed by atoms with E-state index in [4.69, 9.17) is 11.6 Å². The van der Waals surface area contributed by atoms with Crippen LogP contribution in [0.25, 0.3) is 0 Å². The second-order valence-corrected chi connectivity index (χ2v) is 2.41. The van der Waals surface area contributed by atoms with Crippen LogP contribution in [0.15, 0.2) is 18.2 Å². The van der Waals surface area contributed by atoms with Crippen molar-refractivity contribution in [3.05, 3.63) is 23.8 Å². The first kappa shape index (κ1) is 7.88. The fourth-order valence-electron chi connectivity index (χ4n) is 1.00. The number of hydrazine groups is 1. The van der Waals surface area contributed by atoms with Crippen LogP contribution < -0.4 is 17.0 Å². The summed E-state index contributed by atoms with van der Waals surface area (Å²) >= 11 is 0. The molecule has 0 atom stereocenters. The minimum atomic E-state index is 0.825. The van der Waals surface area contributed by atoms with Gasteiger partial charge in [-0.05, 0) is 30.2 Å². The van der Waals surface area contributed by atoms with E-state index in [1.165, 1.54) is 0 Å². The van der Waals surface area contributed by atoms with E-state index in [0.29, 0.717) is 0 Å². The molecule has 3 heteroatoms. The van der Waals surface area contributed by atoms with Gasteiger partial charge in [0.15, 0.2) is 0 Å². The van der Waals surface area contributed by atoms with Crippen molar-refractivity contribution in [3.63, 3.8) is 0 Å². The van der Waals surface area contributed by atoms with E-state index in [1.54, 1.807) is 0 Å². The van der Waals surface area contributed by atoms with Gasteiger partial charge in [-0.15, -0.1) is 0 Å². The smallest absolute Gasteiger partial charge is 0.0489 e. The Morgan fingerprint density at radius 2 is 2.18 bits per heavy atom. The quantitative estimate of drug-likeness (QED) is 0.337. The van der Waals surface area contributed by atoms with E-state index in [0.717, 1.165) is 23.4 Å². The standard InChI is InChI=1S/C8H13N3/c1-2-6-5-7(11-10)3-4-8(6)9/h3-5,11H,2,9-10H2,1H3. The molecule has 0 aromatic heterocycles. The maximum Gasteiger partial charge on any atom is 0.0489 e.